The molecule has 1 aliphatic rings. The number of nitrogens with zero attached hydrogens (tertiary/aromatic N) is 3. The second-order valence-corrected chi connectivity index (χ2v) is 7.13. The van der Waals surface area contributed by atoms with E-state index in [2.05, 4.69) is 16.9 Å². The zero-order chi connectivity index (χ0) is 19.6. The van der Waals surface area contributed by atoms with E-state index < -0.39 is 17.7 Å². The van der Waals surface area contributed by atoms with E-state index in [-0.39, 0.29) is 5.92 Å². The average Bonchev–Trinajstić information content (AvgIpc) is 3.03. The van der Waals surface area contributed by atoms with Gasteiger partial charge in [0.05, 0.1) is 24.2 Å². The summed E-state index contributed by atoms with van der Waals surface area (Å²) in [4.78, 5) is 13.4. The first-order chi connectivity index (χ1) is 12.7. The fourth-order valence-electron chi connectivity index (χ4n) is 3.40. The molecule has 0 bridgehead atoms. The number of halogens is 3. The molecular weight excluding hydrogens is 359 g/mol. The SMILES string of the molecule is CC1CCC(C(=O)O)CN1Cc1cnn(Cc2ccc(C(F)(F)F)cc2)c1. The molecule has 0 radical (unpaired) electrons. The quantitative estimate of drug-likeness (QED) is 0.859. The highest BCUT2D eigenvalue weighted by Gasteiger charge is 2.30. The molecule has 8 heteroatoms. The highest BCUT2D eigenvalue weighted by molar-refractivity contribution is 5.70. The van der Waals surface area contributed by atoms with Crippen molar-refractivity contribution < 1.29 is 23.1 Å². The summed E-state index contributed by atoms with van der Waals surface area (Å²) in [5, 5.41) is 13.5. The van der Waals surface area contributed by atoms with Crippen molar-refractivity contribution in [3.63, 3.8) is 0 Å². The second kappa shape index (κ2) is 7.72. The maximum Gasteiger partial charge on any atom is 0.416 e. The monoisotopic (exact) mass is 381 g/mol. The van der Waals surface area contributed by atoms with E-state index in [0.717, 1.165) is 29.7 Å². The summed E-state index contributed by atoms with van der Waals surface area (Å²) >= 11 is 0. The lowest BCUT2D eigenvalue weighted by molar-refractivity contribution is -0.144. The Labute approximate surface area is 155 Å². The van der Waals surface area contributed by atoms with E-state index in [1.807, 2.05) is 6.20 Å². The van der Waals surface area contributed by atoms with Crippen molar-refractivity contribution in [3.05, 3.63) is 53.3 Å². The molecule has 5 nitrogen and oxygen atoms in total. The van der Waals surface area contributed by atoms with E-state index in [1.165, 1.54) is 12.1 Å². The number of benzene rings is 1. The Kier molecular flexibility index (Phi) is 5.55. The van der Waals surface area contributed by atoms with Crippen LogP contribution in [0.15, 0.2) is 36.7 Å². The van der Waals surface area contributed by atoms with Gasteiger partial charge in [0.2, 0.25) is 0 Å². The van der Waals surface area contributed by atoms with Crippen molar-refractivity contribution in [2.45, 2.75) is 45.1 Å². The Morgan fingerprint density at radius 2 is 1.89 bits per heavy atom. The van der Waals surface area contributed by atoms with Crippen LogP contribution in [0.25, 0.3) is 0 Å². The molecule has 2 aromatic rings. The summed E-state index contributed by atoms with van der Waals surface area (Å²) in [6.07, 6.45) is 0.781. The number of hydrogen-bond acceptors (Lipinski definition) is 3. The lowest BCUT2D eigenvalue weighted by atomic mass is 9.93. The summed E-state index contributed by atoms with van der Waals surface area (Å²) < 4.78 is 39.5. The van der Waals surface area contributed by atoms with E-state index in [4.69, 9.17) is 0 Å². The summed E-state index contributed by atoms with van der Waals surface area (Å²) in [6.45, 7) is 3.59. The summed E-state index contributed by atoms with van der Waals surface area (Å²) in [6, 6.07) is 5.35. The van der Waals surface area contributed by atoms with Crippen molar-refractivity contribution in [1.82, 2.24) is 14.7 Å². The van der Waals surface area contributed by atoms with Gasteiger partial charge in [0, 0.05) is 30.9 Å². The van der Waals surface area contributed by atoms with Gasteiger partial charge in [-0.1, -0.05) is 12.1 Å². The molecule has 2 heterocycles. The maximum absolute atomic E-state index is 12.6. The molecule has 1 aromatic carbocycles. The van der Waals surface area contributed by atoms with Crippen LogP contribution < -0.4 is 0 Å². The molecular formula is C19H22F3N3O2. The molecule has 1 fully saturated rings. The highest BCUT2D eigenvalue weighted by Crippen LogP contribution is 2.29. The Hall–Kier alpha value is -2.35. The van der Waals surface area contributed by atoms with Crippen molar-refractivity contribution in [2.75, 3.05) is 6.54 Å². The van der Waals surface area contributed by atoms with Crippen LogP contribution in [0.3, 0.4) is 0 Å². The predicted octanol–water partition coefficient (Wildman–Crippen LogP) is 3.64. The fourth-order valence-corrected chi connectivity index (χ4v) is 3.40. The number of aliphatic carboxylic acids is 1. The average molecular weight is 381 g/mol. The molecule has 1 aromatic heterocycles. The Bertz CT molecular complexity index is 786. The van der Waals surface area contributed by atoms with Crippen LogP contribution in [0.1, 0.15) is 36.5 Å². The first kappa shape index (κ1) is 19.4. The van der Waals surface area contributed by atoms with Gasteiger partial charge in [-0.25, -0.2) is 0 Å². The van der Waals surface area contributed by atoms with Crippen molar-refractivity contribution in [2.24, 2.45) is 5.92 Å². The number of carboxylic acids is 1. The number of alkyl halides is 3. The van der Waals surface area contributed by atoms with E-state index in [1.54, 1.807) is 10.9 Å². The first-order valence-corrected chi connectivity index (χ1v) is 8.86. The lowest BCUT2D eigenvalue weighted by Gasteiger charge is -2.36. The van der Waals surface area contributed by atoms with Gasteiger partial charge in [0.1, 0.15) is 0 Å². The van der Waals surface area contributed by atoms with Crippen molar-refractivity contribution in [3.8, 4) is 0 Å². The van der Waals surface area contributed by atoms with Gasteiger partial charge in [-0.3, -0.25) is 14.4 Å². The van der Waals surface area contributed by atoms with E-state index in [0.29, 0.717) is 32.1 Å². The molecule has 3 rings (SSSR count). The zero-order valence-electron chi connectivity index (χ0n) is 15.0. The molecule has 2 unspecified atom stereocenters. The van der Waals surface area contributed by atoms with E-state index >= 15 is 0 Å². The smallest absolute Gasteiger partial charge is 0.416 e. The molecule has 27 heavy (non-hydrogen) atoms. The molecule has 0 spiro atoms. The number of aromatic nitrogens is 2. The third-order valence-corrected chi connectivity index (χ3v) is 5.06. The third kappa shape index (κ3) is 4.88. The first-order valence-electron chi connectivity index (χ1n) is 8.86. The maximum atomic E-state index is 12.6. The summed E-state index contributed by atoms with van der Waals surface area (Å²) in [5.74, 6) is -1.10. The lowest BCUT2D eigenvalue weighted by Crippen LogP contribution is -2.43. The second-order valence-electron chi connectivity index (χ2n) is 7.13. The largest absolute Gasteiger partial charge is 0.481 e. The number of carboxylic acid groups (broad SMARTS) is 1. The van der Waals surface area contributed by atoms with Crippen LogP contribution in [0, 0.1) is 5.92 Å². The van der Waals surface area contributed by atoms with Gasteiger partial charge >= 0.3 is 12.1 Å². The molecule has 1 aliphatic heterocycles. The minimum atomic E-state index is -4.34. The molecule has 2 atom stereocenters. The van der Waals surface area contributed by atoms with Gasteiger partial charge in [0.25, 0.3) is 0 Å². The topological polar surface area (TPSA) is 58.4 Å². The number of hydrogen-bond donors (Lipinski definition) is 1. The molecule has 0 amide bonds. The third-order valence-electron chi connectivity index (χ3n) is 5.06. The molecule has 0 saturated carbocycles. The van der Waals surface area contributed by atoms with Crippen LogP contribution in [0.4, 0.5) is 13.2 Å². The standard InChI is InChI=1S/C19H22F3N3O2/c1-13-2-5-16(18(26)27)12-24(13)9-15-8-23-25(11-15)10-14-3-6-17(7-4-14)19(20,21)22/h3-4,6-8,11,13,16H,2,5,9-10,12H2,1H3,(H,26,27). The molecule has 1 saturated heterocycles. The van der Waals surface area contributed by atoms with Crippen LogP contribution >= 0.6 is 0 Å². The number of carbonyl (C=O) groups is 1. The van der Waals surface area contributed by atoms with Gasteiger partial charge in [-0.05, 0) is 37.5 Å². The van der Waals surface area contributed by atoms with E-state index in [9.17, 15) is 23.1 Å². The number of piperidine rings is 1. The molecule has 146 valence electrons. The van der Waals surface area contributed by atoms with Crippen molar-refractivity contribution in [1.29, 1.82) is 0 Å². The number of likely N-dealkylation sites (tertiary alicyclic amines) is 1. The van der Waals surface area contributed by atoms with Gasteiger partial charge in [-0.15, -0.1) is 0 Å². The van der Waals surface area contributed by atoms with Gasteiger partial charge < -0.3 is 5.11 Å². The summed E-state index contributed by atoms with van der Waals surface area (Å²) in [7, 11) is 0. The Balaban J connectivity index is 1.62. The van der Waals surface area contributed by atoms with Crippen LogP contribution in [0.2, 0.25) is 0 Å². The fraction of sp³-hybridized carbons (Fsp3) is 0.474. The Morgan fingerprint density at radius 1 is 1.19 bits per heavy atom. The molecule has 1 N–H and O–H groups in total. The van der Waals surface area contributed by atoms with Crippen LogP contribution in [-0.4, -0.2) is 38.3 Å². The summed E-state index contributed by atoms with van der Waals surface area (Å²) in [5.41, 5.74) is 1.02. The minimum absolute atomic E-state index is 0.305. The predicted molar refractivity (Wildman–Crippen MR) is 93.0 cm³/mol. The number of rotatable bonds is 5. The Morgan fingerprint density at radius 3 is 2.52 bits per heavy atom. The molecule has 0 aliphatic carbocycles. The minimum Gasteiger partial charge on any atom is -0.481 e. The van der Waals surface area contributed by atoms with Crippen LogP contribution in [-0.2, 0) is 24.1 Å². The van der Waals surface area contributed by atoms with Crippen molar-refractivity contribution >= 4 is 5.97 Å². The van der Waals surface area contributed by atoms with Gasteiger partial charge in [0.15, 0.2) is 0 Å². The zero-order valence-corrected chi connectivity index (χ0v) is 15.0. The van der Waals surface area contributed by atoms with Gasteiger partial charge in [-0.2, -0.15) is 18.3 Å². The highest BCUT2D eigenvalue weighted by atomic mass is 19.4. The normalized spacial score (nSPS) is 21.3. The van der Waals surface area contributed by atoms with Crippen LogP contribution in [0.5, 0.6) is 0 Å².